The van der Waals surface area contributed by atoms with E-state index in [1.165, 1.54) is 0 Å². The maximum absolute atomic E-state index is 13.2. The first-order chi connectivity index (χ1) is 9.83. The third-order valence-corrected chi connectivity index (χ3v) is 4.21. The lowest BCUT2D eigenvalue weighted by Gasteiger charge is -2.40. The lowest BCUT2D eigenvalue weighted by atomic mass is 9.67. The van der Waals surface area contributed by atoms with Crippen molar-refractivity contribution in [2.45, 2.75) is 43.7 Å². The molecule has 1 fully saturated rings. The third kappa shape index (κ3) is 2.13. The highest BCUT2D eigenvalue weighted by atomic mass is 19.4. The van der Waals surface area contributed by atoms with Crippen molar-refractivity contribution in [1.82, 2.24) is 19.9 Å². The number of rotatable bonds is 3. The summed E-state index contributed by atoms with van der Waals surface area (Å²) in [6.45, 7) is 1.80. The van der Waals surface area contributed by atoms with Gasteiger partial charge in [0, 0.05) is 18.8 Å². The summed E-state index contributed by atoms with van der Waals surface area (Å²) < 4.78 is 46.4. The maximum Gasteiger partial charge on any atom is 0.401 e. The fourth-order valence-corrected chi connectivity index (χ4v) is 2.58. The number of halogens is 3. The summed E-state index contributed by atoms with van der Waals surface area (Å²) in [5.74, 6) is -0.342. The Morgan fingerprint density at radius 3 is 2.57 bits per heavy atom. The third-order valence-electron chi connectivity index (χ3n) is 4.21. The molecule has 3 rings (SSSR count). The molecule has 1 aliphatic rings. The molecule has 0 aromatic carbocycles. The zero-order chi connectivity index (χ0) is 15.3. The van der Waals surface area contributed by atoms with E-state index >= 15 is 0 Å². The summed E-state index contributed by atoms with van der Waals surface area (Å²) in [6, 6.07) is 0. The number of aromatic nitrogens is 4. The normalized spacial score (nSPS) is 19.3. The van der Waals surface area contributed by atoms with E-state index in [4.69, 9.17) is 4.52 Å². The Morgan fingerprint density at radius 1 is 1.38 bits per heavy atom. The van der Waals surface area contributed by atoms with E-state index in [1.54, 1.807) is 31.0 Å². The SMILES string of the molecule is C[C@@H](c1cnn(C)c1)c1nc(C2(C(F)(F)F)CCC2)no1. The Bertz CT molecular complexity index is 642. The lowest BCUT2D eigenvalue weighted by molar-refractivity contribution is -0.215. The van der Waals surface area contributed by atoms with E-state index < -0.39 is 11.6 Å². The lowest BCUT2D eigenvalue weighted by Crippen LogP contribution is -2.48. The number of hydrogen-bond acceptors (Lipinski definition) is 4. The second-order valence-electron chi connectivity index (χ2n) is 5.56. The van der Waals surface area contributed by atoms with Gasteiger partial charge >= 0.3 is 6.18 Å². The quantitative estimate of drug-likeness (QED) is 0.874. The second kappa shape index (κ2) is 4.57. The Labute approximate surface area is 119 Å². The highest BCUT2D eigenvalue weighted by molar-refractivity contribution is 5.21. The van der Waals surface area contributed by atoms with Crippen molar-refractivity contribution in [3.05, 3.63) is 29.7 Å². The van der Waals surface area contributed by atoms with Gasteiger partial charge in [0.1, 0.15) is 5.41 Å². The van der Waals surface area contributed by atoms with Gasteiger partial charge < -0.3 is 4.52 Å². The smallest absolute Gasteiger partial charge is 0.339 e. The largest absolute Gasteiger partial charge is 0.401 e. The molecule has 0 amide bonds. The minimum atomic E-state index is -4.34. The van der Waals surface area contributed by atoms with Crippen molar-refractivity contribution in [1.29, 1.82) is 0 Å². The van der Waals surface area contributed by atoms with E-state index in [0.717, 1.165) is 5.56 Å². The van der Waals surface area contributed by atoms with Gasteiger partial charge in [-0.2, -0.15) is 23.3 Å². The minimum absolute atomic E-state index is 0.0246. The van der Waals surface area contributed by atoms with Crippen LogP contribution >= 0.6 is 0 Å². The van der Waals surface area contributed by atoms with Crippen LogP contribution in [-0.4, -0.2) is 26.1 Å². The van der Waals surface area contributed by atoms with Gasteiger partial charge in [-0.1, -0.05) is 11.6 Å². The van der Waals surface area contributed by atoms with Gasteiger partial charge in [0.25, 0.3) is 0 Å². The molecular formula is C13H15F3N4O. The molecule has 2 heterocycles. The summed E-state index contributed by atoms with van der Waals surface area (Å²) in [6.07, 6.45) is -0.353. The molecule has 0 aliphatic heterocycles. The molecule has 1 aliphatic carbocycles. The van der Waals surface area contributed by atoms with E-state index in [9.17, 15) is 13.2 Å². The van der Waals surface area contributed by atoms with Crippen molar-refractivity contribution in [3.8, 4) is 0 Å². The van der Waals surface area contributed by atoms with Crippen molar-refractivity contribution >= 4 is 0 Å². The molecule has 1 atom stereocenters. The molecule has 114 valence electrons. The van der Waals surface area contributed by atoms with Crippen LogP contribution in [0.3, 0.4) is 0 Å². The Hall–Kier alpha value is -1.86. The summed E-state index contributed by atoms with van der Waals surface area (Å²) in [5, 5.41) is 7.63. The van der Waals surface area contributed by atoms with Crippen LogP contribution in [0.1, 0.15) is 49.4 Å². The van der Waals surface area contributed by atoms with Crippen LogP contribution in [0.4, 0.5) is 13.2 Å². The molecule has 0 spiro atoms. The predicted molar refractivity (Wildman–Crippen MR) is 66.6 cm³/mol. The number of nitrogens with zero attached hydrogens (tertiary/aromatic N) is 4. The fourth-order valence-electron chi connectivity index (χ4n) is 2.58. The molecule has 0 N–H and O–H groups in total. The van der Waals surface area contributed by atoms with Gasteiger partial charge in [0.05, 0.1) is 12.1 Å². The van der Waals surface area contributed by atoms with Crippen LogP contribution in [0, 0.1) is 0 Å². The molecule has 2 aromatic heterocycles. The second-order valence-corrected chi connectivity index (χ2v) is 5.56. The highest BCUT2D eigenvalue weighted by Crippen LogP contribution is 2.53. The molecular weight excluding hydrogens is 285 g/mol. The predicted octanol–water partition coefficient (Wildman–Crippen LogP) is 2.94. The first kappa shape index (κ1) is 14.1. The molecule has 0 bridgehead atoms. The summed E-state index contributed by atoms with van der Waals surface area (Å²) >= 11 is 0. The van der Waals surface area contributed by atoms with Gasteiger partial charge in [-0.25, -0.2) is 0 Å². The van der Waals surface area contributed by atoms with E-state index in [0.29, 0.717) is 6.42 Å². The average molecular weight is 300 g/mol. The first-order valence-electron chi connectivity index (χ1n) is 6.73. The summed E-state index contributed by atoms with van der Waals surface area (Å²) in [4.78, 5) is 4.02. The van der Waals surface area contributed by atoms with Crippen molar-refractivity contribution in [3.63, 3.8) is 0 Å². The molecule has 5 nitrogen and oxygen atoms in total. The average Bonchev–Trinajstić information content (AvgIpc) is 2.94. The zero-order valence-corrected chi connectivity index (χ0v) is 11.7. The van der Waals surface area contributed by atoms with Gasteiger partial charge in [0.15, 0.2) is 5.82 Å². The van der Waals surface area contributed by atoms with E-state index in [1.807, 2.05) is 0 Å². The Morgan fingerprint density at radius 2 is 2.10 bits per heavy atom. The van der Waals surface area contributed by atoms with Crippen molar-refractivity contribution in [2.75, 3.05) is 0 Å². The maximum atomic E-state index is 13.2. The van der Waals surface area contributed by atoms with Crippen LogP contribution in [0.15, 0.2) is 16.9 Å². The van der Waals surface area contributed by atoms with Crippen LogP contribution in [-0.2, 0) is 12.5 Å². The van der Waals surface area contributed by atoms with Crippen LogP contribution in [0.25, 0.3) is 0 Å². The standard InChI is InChI=1S/C13H15F3N4O/c1-8(9-6-17-20(2)7-9)10-18-11(19-21-10)12(4-3-5-12)13(14,15)16/h6-8H,3-5H2,1-2H3/t8-/m0/s1. The number of hydrogen-bond donors (Lipinski definition) is 0. The number of aryl methyl sites for hydroxylation is 1. The highest BCUT2D eigenvalue weighted by Gasteiger charge is 2.62. The molecule has 2 aromatic rings. The van der Waals surface area contributed by atoms with Crippen LogP contribution in [0.5, 0.6) is 0 Å². The Kier molecular flexibility index (Phi) is 3.07. The molecule has 8 heteroatoms. The zero-order valence-electron chi connectivity index (χ0n) is 11.7. The van der Waals surface area contributed by atoms with E-state index in [-0.39, 0.29) is 30.5 Å². The van der Waals surface area contributed by atoms with Crippen molar-refractivity contribution in [2.24, 2.45) is 7.05 Å². The van der Waals surface area contributed by atoms with Gasteiger partial charge in [-0.05, 0) is 19.8 Å². The van der Waals surface area contributed by atoms with Gasteiger partial charge in [-0.15, -0.1) is 0 Å². The molecule has 0 radical (unpaired) electrons. The first-order valence-corrected chi connectivity index (χ1v) is 6.73. The topological polar surface area (TPSA) is 56.7 Å². The molecule has 0 unspecified atom stereocenters. The van der Waals surface area contributed by atoms with Gasteiger partial charge in [-0.3, -0.25) is 4.68 Å². The monoisotopic (exact) mass is 300 g/mol. The van der Waals surface area contributed by atoms with Crippen LogP contribution in [0.2, 0.25) is 0 Å². The molecule has 21 heavy (non-hydrogen) atoms. The van der Waals surface area contributed by atoms with Crippen LogP contribution < -0.4 is 0 Å². The molecule has 1 saturated carbocycles. The fraction of sp³-hybridized carbons (Fsp3) is 0.615. The van der Waals surface area contributed by atoms with E-state index in [2.05, 4.69) is 15.2 Å². The van der Waals surface area contributed by atoms with Gasteiger partial charge in [0.2, 0.25) is 5.89 Å². The number of alkyl halides is 3. The van der Waals surface area contributed by atoms with Crippen molar-refractivity contribution < 1.29 is 17.7 Å². The summed E-state index contributed by atoms with van der Waals surface area (Å²) in [5.41, 5.74) is -1.11. The molecule has 0 saturated heterocycles. The Balaban J connectivity index is 1.90. The minimum Gasteiger partial charge on any atom is -0.339 e. The summed E-state index contributed by atoms with van der Waals surface area (Å²) in [7, 11) is 1.77.